The van der Waals surface area contributed by atoms with Gasteiger partial charge in [0.15, 0.2) is 0 Å². The van der Waals surface area contributed by atoms with Gasteiger partial charge in [-0.1, -0.05) is 72.8 Å². The van der Waals surface area contributed by atoms with Crippen LogP contribution in [0.4, 0.5) is 0 Å². The quantitative estimate of drug-likeness (QED) is 0.343. The molecule has 0 bridgehead atoms. The number of nitrogens with zero attached hydrogens (tertiary/aromatic N) is 2. The lowest BCUT2D eigenvalue weighted by atomic mass is 10.0. The molecule has 0 radical (unpaired) electrons. The first-order valence-corrected chi connectivity index (χ1v) is 12.1. The molecule has 0 aromatic heterocycles. The highest BCUT2D eigenvalue weighted by atomic mass is 127. The SMILES string of the molecule is Ic1ccc(CN2CCC(N(CCc3ccccc3)Cc3ccccc3)CC2)cc1. The van der Waals surface area contributed by atoms with Crippen molar-refractivity contribution in [1.82, 2.24) is 9.80 Å². The number of rotatable bonds is 8. The highest BCUT2D eigenvalue weighted by molar-refractivity contribution is 14.1. The Morgan fingerprint density at radius 1 is 0.733 bits per heavy atom. The van der Waals surface area contributed by atoms with E-state index in [0.717, 1.165) is 26.1 Å². The topological polar surface area (TPSA) is 6.48 Å². The van der Waals surface area contributed by atoms with E-state index in [1.165, 1.54) is 46.2 Å². The summed E-state index contributed by atoms with van der Waals surface area (Å²) >= 11 is 2.38. The molecule has 3 heteroatoms. The van der Waals surface area contributed by atoms with Gasteiger partial charge in [-0.05, 0) is 83.8 Å². The predicted molar refractivity (Wildman–Crippen MR) is 134 cm³/mol. The maximum absolute atomic E-state index is 2.73. The lowest BCUT2D eigenvalue weighted by Crippen LogP contribution is -2.45. The second-order valence-electron chi connectivity index (χ2n) is 8.33. The van der Waals surface area contributed by atoms with E-state index in [2.05, 4.69) is 117 Å². The van der Waals surface area contributed by atoms with E-state index in [9.17, 15) is 0 Å². The first kappa shape index (κ1) is 21.5. The summed E-state index contributed by atoms with van der Waals surface area (Å²) in [5.41, 5.74) is 4.29. The van der Waals surface area contributed by atoms with Crippen molar-refractivity contribution in [3.05, 3.63) is 105 Å². The average molecular weight is 510 g/mol. The fourth-order valence-electron chi connectivity index (χ4n) is 4.42. The molecule has 30 heavy (non-hydrogen) atoms. The first-order valence-electron chi connectivity index (χ1n) is 11.0. The number of benzene rings is 3. The zero-order chi connectivity index (χ0) is 20.6. The Kier molecular flexibility index (Phi) is 7.95. The largest absolute Gasteiger partial charge is 0.299 e. The van der Waals surface area contributed by atoms with Crippen molar-refractivity contribution in [2.24, 2.45) is 0 Å². The smallest absolute Gasteiger partial charge is 0.0236 e. The molecular formula is C27H31IN2. The maximum Gasteiger partial charge on any atom is 0.0236 e. The molecule has 1 saturated heterocycles. The zero-order valence-electron chi connectivity index (χ0n) is 17.6. The molecule has 3 aromatic carbocycles. The van der Waals surface area contributed by atoms with E-state index in [4.69, 9.17) is 0 Å². The Balaban J connectivity index is 1.36. The van der Waals surface area contributed by atoms with Gasteiger partial charge in [0.2, 0.25) is 0 Å². The highest BCUT2D eigenvalue weighted by Gasteiger charge is 2.24. The lowest BCUT2D eigenvalue weighted by molar-refractivity contribution is 0.0997. The molecule has 1 heterocycles. The Morgan fingerprint density at radius 2 is 1.33 bits per heavy atom. The third-order valence-corrected chi connectivity index (χ3v) is 6.87. The molecule has 0 spiro atoms. The molecule has 0 saturated carbocycles. The first-order chi connectivity index (χ1) is 14.8. The predicted octanol–water partition coefficient (Wildman–Crippen LogP) is 6.00. The van der Waals surface area contributed by atoms with Gasteiger partial charge < -0.3 is 0 Å². The van der Waals surface area contributed by atoms with Gasteiger partial charge in [-0.25, -0.2) is 0 Å². The highest BCUT2D eigenvalue weighted by Crippen LogP contribution is 2.21. The van der Waals surface area contributed by atoms with E-state index < -0.39 is 0 Å². The van der Waals surface area contributed by atoms with Crippen LogP contribution in [-0.2, 0) is 19.5 Å². The minimum atomic E-state index is 0.668. The summed E-state index contributed by atoms with van der Waals surface area (Å²) in [5.74, 6) is 0. The van der Waals surface area contributed by atoms with E-state index in [1.54, 1.807) is 0 Å². The molecule has 156 valence electrons. The maximum atomic E-state index is 2.73. The van der Waals surface area contributed by atoms with Gasteiger partial charge in [0.1, 0.15) is 0 Å². The summed E-state index contributed by atoms with van der Waals surface area (Å²) in [6.45, 7) is 5.63. The van der Waals surface area contributed by atoms with Crippen LogP contribution in [0.3, 0.4) is 0 Å². The number of piperidine rings is 1. The Bertz CT molecular complexity index is 872. The van der Waals surface area contributed by atoms with E-state index >= 15 is 0 Å². The molecule has 1 fully saturated rings. The average Bonchev–Trinajstić information content (AvgIpc) is 2.80. The van der Waals surface area contributed by atoms with Crippen LogP contribution in [0.25, 0.3) is 0 Å². The van der Waals surface area contributed by atoms with Gasteiger partial charge in [-0.15, -0.1) is 0 Å². The Labute approximate surface area is 195 Å². The van der Waals surface area contributed by atoms with E-state index in [1.807, 2.05) is 0 Å². The van der Waals surface area contributed by atoms with Crippen LogP contribution in [0.15, 0.2) is 84.9 Å². The summed E-state index contributed by atoms with van der Waals surface area (Å²) in [7, 11) is 0. The van der Waals surface area contributed by atoms with Crippen LogP contribution < -0.4 is 0 Å². The van der Waals surface area contributed by atoms with E-state index in [0.29, 0.717) is 6.04 Å². The minimum Gasteiger partial charge on any atom is -0.299 e. The number of likely N-dealkylation sites (tertiary alicyclic amines) is 1. The molecule has 4 rings (SSSR count). The van der Waals surface area contributed by atoms with Crippen LogP contribution in [-0.4, -0.2) is 35.5 Å². The van der Waals surface area contributed by atoms with Crippen molar-refractivity contribution in [3.63, 3.8) is 0 Å². The van der Waals surface area contributed by atoms with Crippen molar-refractivity contribution in [3.8, 4) is 0 Å². The summed E-state index contributed by atoms with van der Waals surface area (Å²) in [6.07, 6.45) is 3.63. The van der Waals surface area contributed by atoms with Crippen LogP contribution in [0.2, 0.25) is 0 Å². The Morgan fingerprint density at radius 3 is 1.97 bits per heavy atom. The Hall–Kier alpha value is -1.69. The molecule has 0 amide bonds. The van der Waals surface area contributed by atoms with Crippen LogP contribution in [0.1, 0.15) is 29.5 Å². The molecule has 0 unspecified atom stereocenters. The van der Waals surface area contributed by atoms with Gasteiger partial charge in [0.05, 0.1) is 0 Å². The fourth-order valence-corrected chi connectivity index (χ4v) is 4.78. The zero-order valence-corrected chi connectivity index (χ0v) is 19.7. The lowest BCUT2D eigenvalue weighted by Gasteiger charge is -2.39. The second kappa shape index (κ2) is 11.1. The van der Waals surface area contributed by atoms with Crippen molar-refractivity contribution < 1.29 is 0 Å². The monoisotopic (exact) mass is 510 g/mol. The molecule has 0 atom stereocenters. The molecule has 1 aliphatic heterocycles. The molecule has 1 aliphatic rings. The van der Waals surface area contributed by atoms with Crippen LogP contribution in [0.5, 0.6) is 0 Å². The van der Waals surface area contributed by atoms with Crippen molar-refractivity contribution in [2.75, 3.05) is 19.6 Å². The van der Waals surface area contributed by atoms with Gasteiger partial charge in [0, 0.05) is 29.2 Å². The minimum absolute atomic E-state index is 0.668. The molecule has 0 N–H and O–H groups in total. The fraction of sp³-hybridized carbons (Fsp3) is 0.333. The van der Waals surface area contributed by atoms with E-state index in [-0.39, 0.29) is 0 Å². The summed E-state index contributed by atoms with van der Waals surface area (Å²) in [4.78, 5) is 5.35. The standard InChI is InChI=1S/C27H31IN2/c28-26-13-11-25(12-14-26)21-29-18-16-27(17-19-29)30(22-24-9-5-2-6-10-24)20-15-23-7-3-1-4-8-23/h1-14,27H,15-22H2. The number of hydrogen-bond acceptors (Lipinski definition) is 2. The summed E-state index contributed by atoms with van der Waals surface area (Å²) in [5, 5.41) is 0. The van der Waals surface area contributed by atoms with Crippen molar-refractivity contribution >= 4 is 22.6 Å². The van der Waals surface area contributed by atoms with Gasteiger partial charge in [-0.2, -0.15) is 0 Å². The van der Waals surface area contributed by atoms with Gasteiger partial charge in [0.25, 0.3) is 0 Å². The molecule has 2 nitrogen and oxygen atoms in total. The molecule has 0 aliphatic carbocycles. The normalized spacial score (nSPS) is 15.5. The number of halogens is 1. The summed E-state index contributed by atoms with van der Waals surface area (Å²) in [6, 6.07) is 31.5. The van der Waals surface area contributed by atoms with Gasteiger partial charge >= 0.3 is 0 Å². The van der Waals surface area contributed by atoms with Crippen LogP contribution >= 0.6 is 22.6 Å². The third-order valence-electron chi connectivity index (χ3n) is 6.15. The van der Waals surface area contributed by atoms with Crippen molar-refractivity contribution in [2.45, 2.75) is 38.4 Å². The third kappa shape index (κ3) is 6.40. The summed E-state index contributed by atoms with van der Waals surface area (Å²) < 4.78 is 1.31. The van der Waals surface area contributed by atoms with Crippen LogP contribution in [0, 0.1) is 3.57 Å². The molecular weight excluding hydrogens is 479 g/mol. The molecule has 3 aromatic rings. The van der Waals surface area contributed by atoms with Gasteiger partial charge in [-0.3, -0.25) is 9.80 Å². The van der Waals surface area contributed by atoms with Crippen molar-refractivity contribution in [1.29, 1.82) is 0 Å². The number of hydrogen-bond donors (Lipinski definition) is 0. The second-order valence-corrected chi connectivity index (χ2v) is 9.57.